The largest absolute Gasteiger partial charge is 0.341 e. The molecular weight excluding hydrogens is 306 g/mol. The van der Waals surface area contributed by atoms with Crippen molar-refractivity contribution < 1.29 is 4.79 Å². The Labute approximate surface area is 147 Å². The molecule has 2 heteroatoms. The third kappa shape index (κ3) is 2.45. The number of fused-ring (bicyclic) bond motifs is 3. The summed E-state index contributed by atoms with van der Waals surface area (Å²) in [6.45, 7) is 7.16. The van der Waals surface area contributed by atoms with E-state index in [1.54, 1.807) is 0 Å². The second-order valence-electron chi connectivity index (χ2n) is 6.64. The van der Waals surface area contributed by atoms with Crippen molar-refractivity contribution in [3.05, 3.63) is 82.9 Å². The number of ketones is 1. The number of nitrogens with zero attached hydrogens (tertiary/aromatic N) is 1. The van der Waals surface area contributed by atoms with Crippen LogP contribution < -0.4 is 0 Å². The molecule has 0 aliphatic rings. The predicted octanol–water partition coefficient (Wildman–Crippen LogP) is 5.66. The Kier molecular flexibility index (Phi) is 3.69. The van der Waals surface area contributed by atoms with Crippen LogP contribution in [0.1, 0.15) is 34.0 Å². The highest BCUT2D eigenvalue weighted by Gasteiger charge is 2.15. The molecule has 0 aliphatic carbocycles. The lowest BCUT2D eigenvalue weighted by molar-refractivity contribution is 0.103. The Morgan fingerprint density at radius 3 is 2.28 bits per heavy atom. The highest BCUT2D eigenvalue weighted by atomic mass is 16.1. The molecule has 124 valence electrons. The Hall–Kier alpha value is -2.87. The van der Waals surface area contributed by atoms with Crippen LogP contribution in [0.5, 0.6) is 0 Å². The number of rotatable bonds is 3. The number of hydrogen-bond donors (Lipinski definition) is 0. The maximum absolute atomic E-state index is 13.0. The molecule has 0 aliphatic heterocycles. The van der Waals surface area contributed by atoms with Gasteiger partial charge in [-0.1, -0.05) is 35.9 Å². The normalized spacial score (nSPS) is 11.3. The molecule has 0 radical (unpaired) electrons. The van der Waals surface area contributed by atoms with Crippen molar-refractivity contribution in [2.75, 3.05) is 0 Å². The standard InChI is InChI=1S/C23H21NO/c1-4-24-21-11-9-15(2)13-19(21)20-14-17(10-12-22(20)24)23(25)18-8-6-5-7-16(18)3/h5-14H,4H2,1-3H3. The van der Waals surface area contributed by atoms with Gasteiger partial charge in [-0.2, -0.15) is 0 Å². The molecule has 1 aromatic heterocycles. The van der Waals surface area contributed by atoms with Crippen molar-refractivity contribution in [3.63, 3.8) is 0 Å². The molecule has 2 nitrogen and oxygen atoms in total. The lowest BCUT2D eigenvalue weighted by Gasteiger charge is -2.06. The van der Waals surface area contributed by atoms with Gasteiger partial charge in [0.1, 0.15) is 0 Å². The summed E-state index contributed by atoms with van der Waals surface area (Å²) in [5.41, 5.74) is 6.18. The lowest BCUT2D eigenvalue weighted by Crippen LogP contribution is -2.03. The number of hydrogen-bond acceptors (Lipinski definition) is 1. The second kappa shape index (κ2) is 5.89. The van der Waals surface area contributed by atoms with Crippen LogP contribution in [0.15, 0.2) is 60.7 Å². The summed E-state index contributed by atoms with van der Waals surface area (Å²) in [6, 6.07) is 20.4. The first-order chi connectivity index (χ1) is 12.1. The van der Waals surface area contributed by atoms with Gasteiger partial charge >= 0.3 is 0 Å². The molecule has 0 bridgehead atoms. The fourth-order valence-electron chi connectivity index (χ4n) is 3.68. The molecule has 0 saturated heterocycles. The summed E-state index contributed by atoms with van der Waals surface area (Å²) >= 11 is 0. The molecule has 0 N–H and O–H groups in total. The number of carbonyl (C=O) groups excluding carboxylic acids is 1. The van der Waals surface area contributed by atoms with E-state index in [0.717, 1.165) is 28.6 Å². The van der Waals surface area contributed by atoms with E-state index in [9.17, 15) is 4.79 Å². The minimum absolute atomic E-state index is 0.0880. The molecule has 0 amide bonds. The van der Waals surface area contributed by atoms with Crippen molar-refractivity contribution in [1.82, 2.24) is 4.57 Å². The van der Waals surface area contributed by atoms with E-state index >= 15 is 0 Å². The van der Waals surface area contributed by atoms with Crippen molar-refractivity contribution in [3.8, 4) is 0 Å². The highest BCUT2D eigenvalue weighted by Crippen LogP contribution is 2.31. The maximum atomic E-state index is 13.0. The predicted molar refractivity (Wildman–Crippen MR) is 104 cm³/mol. The van der Waals surface area contributed by atoms with Gasteiger partial charge in [0.15, 0.2) is 5.78 Å². The molecule has 0 saturated carbocycles. The molecule has 0 spiro atoms. The first kappa shape index (κ1) is 15.6. The van der Waals surface area contributed by atoms with Gasteiger partial charge in [-0.05, 0) is 56.7 Å². The summed E-state index contributed by atoms with van der Waals surface area (Å²) < 4.78 is 2.31. The highest BCUT2D eigenvalue weighted by molar-refractivity contribution is 6.15. The van der Waals surface area contributed by atoms with Crippen LogP contribution in [-0.2, 0) is 6.54 Å². The van der Waals surface area contributed by atoms with E-state index in [1.807, 2.05) is 37.3 Å². The topological polar surface area (TPSA) is 22.0 Å². The van der Waals surface area contributed by atoms with Gasteiger partial charge in [-0.25, -0.2) is 0 Å². The second-order valence-corrected chi connectivity index (χ2v) is 6.64. The van der Waals surface area contributed by atoms with Crippen LogP contribution in [-0.4, -0.2) is 10.4 Å². The Morgan fingerprint density at radius 1 is 0.880 bits per heavy atom. The molecule has 4 rings (SSSR count). The average molecular weight is 327 g/mol. The third-order valence-corrected chi connectivity index (χ3v) is 4.99. The summed E-state index contributed by atoms with van der Waals surface area (Å²) in [7, 11) is 0. The first-order valence-corrected chi connectivity index (χ1v) is 8.73. The van der Waals surface area contributed by atoms with Crippen LogP contribution in [0.2, 0.25) is 0 Å². The Balaban J connectivity index is 1.96. The van der Waals surface area contributed by atoms with E-state index in [2.05, 4.69) is 48.7 Å². The number of benzene rings is 3. The first-order valence-electron chi connectivity index (χ1n) is 8.73. The van der Waals surface area contributed by atoms with Gasteiger partial charge < -0.3 is 4.57 Å². The molecular formula is C23H21NO. The van der Waals surface area contributed by atoms with Crippen LogP contribution in [0, 0.1) is 13.8 Å². The van der Waals surface area contributed by atoms with Crippen molar-refractivity contribution in [2.45, 2.75) is 27.3 Å². The fraction of sp³-hybridized carbons (Fsp3) is 0.174. The summed E-state index contributed by atoms with van der Waals surface area (Å²) in [6.07, 6.45) is 0. The van der Waals surface area contributed by atoms with Crippen molar-refractivity contribution >= 4 is 27.6 Å². The molecule has 0 fully saturated rings. The van der Waals surface area contributed by atoms with Gasteiger partial charge in [-0.15, -0.1) is 0 Å². The number of carbonyl (C=O) groups is 1. The molecule has 1 heterocycles. The van der Waals surface area contributed by atoms with Gasteiger partial charge in [0.2, 0.25) is 0 Å². The minimum Gasteiger partial charge on any atom is -0.341 e. The molecule has 25 heavy (non-hydrogen) atoms. The number of aryl methyl sites for hydroxylation is 3. The smallest absolute Gasteiger partial charge is 0.193 e. The van der Waals surface area contributed by atoms with Gasteiger partial charge in [-0.3, -0.25) is 4.79 Å². The number of aromatic nitrogens is 1. The van der Waals surface area contributed by atoms with Crippen LogP contribution >= 0.6 is 0 Å². The Morgan fingerprint density at radius 2 is 1.56 bits per heavy atom. The van der Waals surface area contributed by atoms with Gasteiger partial charge in [0, 0.05) is 39.5 Å². The third-order valence-electron chi connectivity index (χ3n) is 4.99. The monoisotopic (exact) mass is 327 g/mol. The van der Waals surface area contributed by atoms with E-state index in [1.165, 1.54) is 22.0 Å². The van der Waals surface area contributed by atoms with Crippen LogP contribution in [0.3, 0.4) is 0 Å². The zero-order valence-electron chi connectivity index (χ0n) is 14.8. The van der Waals surface area contributed by atoms with Crippen LogP contribution in [0.4, 0.5) is 0 Å². The summed E-state index contributed by atoms with van der Waals surface area (Å²) in [5.74, 6) is 0.0880. The molecule has 4 aromatic rings. The Bertz CT molecular complexity index is 1120. The zero-order valence-corrected chi connectivity index (χ0v) is 14.8. The van der Waals surface area contributed by atoms with E-state index in [-0.39, 0.29) is 5.78 Å². The van der Waals surface area contributed by atoms with Gasteiger partial charge in [0.25, 0.3) is 0 Å². The zero-order chi connectivity index (χ0) is 17.6. The van der Waals surface area contributed by atoms with Crippen LogP contribution in [0.25, 0.3) is 21.8 Å². The molecule has 0 atom stereocenters. The van der Waals surface area contributed by atoms with Gasteiger partial charge in [0.05, 0.1) is 0 Å². The van der Waals surface area contributed by atoms with E-state index < -0.39 is 0 Å². The SMILES string of the molecule is CCn1c2ccc(C)cc2c2cc(C(=O)c3ccccc3C)ccc21. The summed E-state index contributed by atoms with van der Waals surface area (Å²) in [5, 5.41) is 2.37. The minimum atomic E-state index is 0.0880. The lowest BCUT2D eigenvalue weighted by atomic mass is 9.98. The fourth-order valence-corrected chi connectivity index (χ4v) is 3.68. The van der Waals surface area contributed by atoms with Crippen molar-refractivity contribution in [2.24, 2.45) is 0 Å². The molecule has 3 aromatic carbocycles. The summed E-state index contributed by atoms with van der Waals surface area (Å²) in [4.78, 5) is 13.0. The average Bonchev–Trinajstić information content (AvgIpc) is 2.93. The van der Waals surface area contributed by atoms with Crippen molar-refractivity contribution in [1.29, 1.82) is 0 Å². The quantitative estimate of drug-likeness (QED) is 0.445. The maximum Gasteiger partial charge on any atom is 0.193 e. The molecule has 0 unspecified atom stereocenters. The van der Waals surface area contributed by atoms with E-state index in [4.69, 9.17) is 0 Å². The van der Waals surface area contributed by atoms with E-state index in [0.29, 0.717) is 0 Å².